The van der Waals surface area contributed by atoms with Gasteiger partial charge in [-0.05, 0) is 61.9 Å². The number of para-hydroxylation sites is 1. The first-order chi connectivity index (χ1) is 17.1. The van der Waals surface area contributed by atoms with Crippen molar-refractivity contribution in [2.45, 2.75) is 44.6 Å². The van der Waals surface area contributed by atoms with E-state index in [1.54, 1.807) is 6.07 Å². The number of ether oxygens (including phenoxy) is 1. The summed E-state index contributed by atoms with van der Waals surface area (Å²) in [5.41, 5.74) is 3.35. The number of hydrogen-bond acceptors (Lipinski definition) is 6. The van der Waals surface area contributed by atoms with Gasteiger partial charge in [0.1, 0.15) is 17.6 Å². The molecule has 0 aliphatic carbocycles. The maximum absolute atomic E-state index is 12.7. The van der Waals surface area contributed by atoms with Gasteiger partial charge in [0.15, 0.2) is 0 Å². The van der Waals surface area contributed by atoms with E-state index >= 15 is 0 Å². The van der Waals surface area contributed by atoms with E-state index in [9.17, 15) is 14.7 Å². The average molecular weight is 478 g/mol. The summed E-state index contributed by atoms with van der Waals surface area (Å²) < 4.78 is 7.13. The fourth-order valence-corrected chi connectivity index (χ4v) is 4.06. The lowest BCUT2D eigenvalue weighted by Crippen LogP contribution is -2.42. The van der Waals surface area contributed by atoms with Crippen LogP contribution in [-0.2, 0) is 22.4 Å². The van der Waals surface area contributed by atoms with Crippen LogP contribution in [0.2, 0.25) is 0 Å². The number of carboxylic acids is 1. The molecule has 35 heavy (non-hydrogen) atoms. The molecule has 0 saturated heterocycles. The number of carbonyl (C=O) groups excluding carboxylic acids is 1. The van der Waals surface area contributed by atoms with Crippen LogP contribution >= 0.6 is 0 Å². The normalized spacial score (nSPS) is 13.5. The van der Waals surface area contributed by atoms with Gasteiger partial charge in [-0.1, -0.05) is 24.3 Å². The summed E-state index contributed by atoms with van der Waals surface area (Å²) in [5, 5.41) is 19.7. The number of rotatable bonds is 12. The number of amides is 1. The molecule has 4 rings (SSSR count). The second kappa shape index (κ2) is 12.1. The molecule has 9 heteroatoms. The zero-order chi connectivity index (χ0) is 24.5. The molecule has 0 saturated carbocycles. The number of unbranched alkanes of at least 4 members (excludes halogenated alkanes) is 1. The van der Waals surface area contributed by atoms with Crippen molar-refractivity contribution in [3.8, 4) is 5.69 Å². The molecule has 1 aromatic carbocycles. The van der Waals surface area contributed by atoms with Crippen molar-refractivity contribution in [1.29, 1.82) is 0 Å². The van der Waals surface area contributed by atoms with Crippen LogP contribution in [0, 0.1) is 0 Å². The second-order valence-corrected chi connectivity index (χ2v) is 8.53. The summed E-state index contributed by atoms with van der Waals surface area (Å²) in [6.45, 7) is 1.76. The highest BCUT2D eigenvalue weighted by Crippen LogP contribution is 2.20. The molecule has 1 atom stereocenters. The Balaban J connectivity index is 1.18. The molecule has 3 N–H and O–H groups in total. The van der Waals surface area contributed by atoms with E-state index < -0.39 is 17.9 Å². The summed E-state index contributed by atoms with van der Waals surface area (Å²) >= 11 is 0. The number of carboxylic acid groups (broad SMARTS) is 1. The predicted molar refractivity (Wildman–Crippen MR) is 132 cm³/mol. The monoisotopic (exact) mass is 477 g/mol. The van der Waals surface area contributed by atoms with Crippen molar-refractivity contribution >= 4 is 17.7 Å². The van der Waals surface area contributed by atoms with E-state index in [-0.39, 0.29) is 18.7 Å². The van der Waals surface area contributed by atoms with E-state index in [4.69, 9.17) is 9.72 Å². The van der Waals surface area contributed by atoms with Gasteiger partial charge in [-0.2, -0.15) is 5.10 Å². The summed E-state index contributed by atoms with van der Waals surface area (Å²) in [6, 6.07) is 14.0. The van der Waals surface area contributed by atoms with Gasteiger partial charge in [-0.3, -0.25) is 4.79 Å². The number of fused-ring (bicyclic) bond motifs is 1. The molecule has 184 valence electrons. The van der Waals surface area contributed by atoms with Gasteiger partial charge in [0, 0.05) is 31.9 Å². The number of aliphatic carboxylic acids is 1. The molecular formula is C26H31N5O4. The van der Waals surface area contributed by atoms with E-state index in [2.05, 4.69) is 27.9 Å². The quantitative estimate of drug-likeness (QED) is 0.343. The van der Waals surface area contributed by atoms with Crippen molar-refractivity contribution < 1.29 is 19.4 Å². The van der Waals surface area contributed by atoms with Crippen molar-refractivity contribution in [2.75, 3.05) is 25.1 Å². The zero-order valence-corrected chi connectivity index (χ0v) is 19.7. The van der Waals surface area contributed by atoms with Crippen LogP contribution < -0.4 is 10.6 Å². The fourth-order valence-electron chi connectivity index (χ4n) is 4.06. The highest BCUT2D eigenvalue weighted by atomic mass is 16.5. The van der Waals surface area contributed by atoms with Gasteiger partial charge in [0.25, 0.3) is 5.91 Å². The van der Waals surface area contributed by atoms with Gasteiger partial charge in [0.05, 0.1) is 11.9 Å². The van der Waals surface area contributed by atoms with E-state index in [1.807, 2.05) is 30.3 Å². The maximum Gasteiger partial charge on any atom is 0.326 e. The summed E-state index contributed by atoms with van der Waals surface area (Å²) in [6.07, 6.45) is 6.59. The fraction of sp³-hybridized carbons (Fsp3) is 0.385. The molecule has 9 nitrogen and oxygen atoms in total. The Morgan fingerprint density at radius 2 is 1.97 bits per heavy atom. The first kappa shape index (κ1) is 24.4. The van der Waals surface area contributed by atoms with E-state index in [0.29, 0.717) is 6.61 Å². The Morgan fingerprint density at radius 3 is 2.80 bits per heavy atom. The zero-order valence-electron chi connectivity index (χ0n) is 19.7. The summed E-state index contributed by atoms with van der Waals surface area (Å²) in [5.74, 6) is -0.579. The highest BCUT2D eigenvalue weighted by Gasteiger charge is 2.22. The number of carbonyl (C=O) groups is 2. The Bertz CT molecular complexity index is 1130. The van der Waals surface area contributed by atoms with Crippen LogP contribution in [0.1, 0.15) is 47.4 Å². The van der Waals surface area contributed by atoms with Crippen LogP contribution in [0.3, 0.4) is 0 Å². The molecule has 0 unspecified atom stereocenters. The van der Waals surface area contributed by atoms with Crippen LogP contribution in [0.25, 0.3) is 5.69 Å². The number of benzene rings is 1. The molecule has 3 aromatic rings. The highest BCUT2D eigenvalue weighted by molar-refractivity contribution is 5.95. The van der Waals surface area contributed by atoms with Crippen LogP contribution in [0.4, 0.5) is 5.82 Å². The SMILES string of the molecule is O=C(N[C@@H](CCOCCCCc1ccc2c(n1)NCCC2)C(=O)O)c1ccnn1-c1ccccc1. The standard InChI is InChI=1S/C26H31N5O4/c32-25(23-13-16-28-31(23)21-9-2-1-3-10-21)30-22(26(33)34)14-18-35-17-5-4-8-20-12-11-19-7-6-15-27-24(19)29-20/h1-3,9-13,16,22H,4-8,14-15,17-18H2,(H,27,29)(H,30,32)(H,33,34)/t22-/m0/s1. The number of hydrogen-bond donors (Lipinski definition) is 3. The minimum atomic E-state index is -1.10. The number of aromatic nitrogens is 3. The minimum absolute atomic E-state index is 0.179. The third-order valence-electron chi connectivity index (χ3n) is 5.95. The van der Waals surface area contributed by atoms with Crippen LogP contribution in [0.15, 0.2) is 54.7 Å². The van der Waals surface area contributed by atoms with Crippen molar-refractivity contribution in [2.24, 2.45) is 0 Å². The number of aryl methyl sites for hydroxylation is 2. The Kier molecular flexibility index (Phi) is 8.45. The molecule has 0 bridgehead atoms. The molecule has 2 aromatic heterocycles. The molecule has 0 fully saturated rings. The predicted octanol–water partition coefficient (Wildman–Crippen LogP) is 3.24. The van der Waals surface area contributed by atoms with E-state index in [1.165, 1.54) is 16.4 Å². The van der Waals surface area contributed by atoms with Crippen molar-refractivity contribution in [3.63, 3.8) is 0 Å². The number of nitrogens with one attached hydrogen (secondary N) is 2. The molecule has 0 radical (unpaired) electrons. The Morgan fingerprint density at radius 1 is 1.11 bits per heavy atom. The van der Waals surface area contributed by atoms with Gasteiger partial charge in [-0.15, -0.1) is 0 Å². The van der Waals surface area contributed by atoms with Gasteiger partial charge in [-0.25, -0.2) is 14.5 Å². The topological polar surface area (TPSA) is 118 Å². The number of anilines is 1. The molecular weight excluding hydrogens is 446 g/mol. The third kappa shape index (κ3) is 6.66. The Labute approximate surface area is 204 Å². The molecule has 1 aliphatic heterocycles. The summed E-state index contributed by atoms with van der Waals surface area (Å²) in [7, 11) is 0. The van der Waals surface area contributed by atoms with E-state index in [0.717, 1.165) is 55.8 Å². The smallest absolute Gasteiger partial charge is 0.326 e. The lowest BCUT2D eigenvalue weighted by Gasteiger charge is -2.17. The van der Waals surface area contributed by atoms with Crippen LogP contribution in [0.5, 0.6) is 0 Å². The van der Waals surface area contributed by atoms with Crippen molar-refractivity contribution in [3.05, 3.63) is 71.7 Å². The second-order valence-electron chi connectivity index (χ2n) is 8.53. The third-order valence-corrected chi connectivity index (χ3v) is 5.95. The molecule has 3 heterocycles. The number of pyridine rings is 1. The average Bonchev–Trinajstić information content (AvgIpc) is 3.38. The van der Waals surface area contributed by atoms with Gasteiger partial charge < -0.3 is 20.5 Å². The van der Waals surface area contributed by atoms with Crippen LogP contribution in [-0.4, -0.2) is 57.5 Å². The molecule has 0 spiro atoms. The number of nitrogens with zero attached hydrogens (tertiary/aromatic N) is 3. The molecule has 1 amide bonds. The lowest BCUT2D eigenvalue weighted by atomic mass is 10.1. The maximum atomic E-state index is 12.7. The lowest BCUT2D eigenvalue weighted by molar-refractivity contribution is -0.139. The van der Waals surface area contributed by atoms with Gasteiger partial charge in [0.2, 0.25) is 0 Å². The van der Waals surface area contributed by atoms with Crippen molar-refractivity contribution in [1.82, 2.24) is 20.1 Å². The van der Waals surface area contributed by atoms with Gasteiger partial charge >= 0.3 is 5.97 Å². The summed E-state index contributed by atoms with van der Waals surface area (Å²) in [4.78, 5) is 29.1. The first-order valence-corrected chi connectivity index (χ1v) is 12.1. The minimum Gasteiger partial charge on any atom is -0.480 e. The first-order valence-electron chi connectivity index (χ1n) is 12.1. The largest absolute Gasteiger partial charge is 0.480 e. The Hall–Kier alpha value is -3.72. The molecule has 1 aliphatic rings.